The number of hydrogen-bond donors (Lipinski definition) is 2. The van der Waals surface area contributed by atoms with Gasteiger partial charge in [-0.1, -0.05) is 48.5 Å². The van der Waals surface area contributed by atoms with Crippen molar-refractivity contribution >= 4 is 11.8 Å². The molecule has 0 unspecified atom stereocenters. The lowest BCUT2D eigenvalue weighted by molar-refractivity contribution is -0.120. The molecule has 0 spiro atoms. The largest absolute Gasteiger partial charge is 0.353 e. The van der Waals surface area contributed by atoms with Crippen LogP contribution in [0, 0.1) is 0 Å². The van der Waals surface area contributed by atoms with Crippen LogP contribution in [0.4, 0.5) is 0 Å². The Morgan fingerprint density at radius 1 is 0.786 bits per heavy atom. The summed E-state index contributed by atoms with van der Waals surface area (Å²) in [5.74, 6) is -0.391. The van der Waals surface area contributed by atoms with Crippen LogP contribution in [0.1, 0.15) is 15.9 Å². The van der Waals surface area contributed by atoms with Crippen LogP contribution in [0.5, 0.6) is 0 Å². The quantitative estimate of drug-likeness (QED) is 0.726. The standard InChI is InChI=1S/C22H28N4O2/c27-21(17-24-22(28)20-9-5-2-6-10-20)23-11-12-25-13-15-26(16-14-25)18-19-7-3-1-4-8-19/h1-10H,11-18H2,(H,23,27)(H,24,28). The van der Waals surface area contributed by atoms with Gasteiger partial charge < -0.3 is 10.6 Å². The molecule has 0 radical (unpaired) electrons. The summed E-state index contributed by atoms with van der Waals surface area (Å²) in [6.07, 6.45) is 0. The molecule has 3 rings (SSSR count). The van der Waals surface area contributed by atoms with E-state index in [1.165, 1.54) is 5.56 Å². The Morgan fingerprint density at radius 3 is 2.07 bits per heavy atom. The van der Waals surface area contributed by atoms with Crippen LogP contribution in [0.2, 0.25) is 0 Å². The van der Waals surface area contributed by atoms with Crippen molar-refractivity contribution in [3.8, 4) is 0 Å². The number of benzene rings is 2. The van der Waals surface area contributed by atoms with Gasteiger partial charge in [0, 0.05) is 51.4 Å². The van der Waals surface area contributed by atoms with E-state index in [0.717, 1.165) is 39.3 Å². The third-order valence-electron chi connectivity index (χ3n) is 4.91. The van der Waals surface area contributed by atoms with E-state index in [1.807, 2.05) is 12.1 Å². The summed E-state index contributed by atoms with van der Waals surface area (Å²) in [5.41, 5.74) is 1.91. The van der Waals surface area contributed by atoms with Gasteiger partial charge in [-0.25, -0.2) is 0 Å². The smallest absolute Gasteiger partial charge is 0.251 e. The molecule has 0 bridgehead atoms. The van der Waals surface area contributed by atoms with Gasteiger partial charge in [0.1, 0.15) is 0 Å². The molecule has 2 amide bonds. The number of nitrogens with one attached hydrogen (secondary N) is 2. The molecule has 2 N–H and O–H groups in total. The average molecular weight is 380 g/mol. The van der Waals surface area contributed by atoms with Crippen molar-refractivity contribution in [2.75, 3.05) is 45.8 Å². The Bertz CT molecular complexity index is 744. The predicted molar refractivity (Wildman–Crippen MR) is 110 cm³/mol. The SMILES string of the molecule is O=C(CNC(=O)c1ccccc1)NCCN1CCN(Cc2ccccc2)CC1. The van der Waals surface area contributed by atoms with Gasteiger partial charge in [0.15, 0.2) is 0 Å². The van der Waals surface area contributed by atoms with Crippen LogP contribution in [0.25, 0.3) is 0 Å². The maximum absolute atomic E-state index is 11.9. The second kappa shape index (κ2) is 10.6. The molecule has 2 aromatic carbocycles. The lowest BCUT2D eigenvalue weighted by Gasteiger charge is -2.34. The zero-order valence-corrected chi connectivity index (χ0v) is 16.1. The second-order valence-electron chi connectivity index (χ2n) is 7.00. The van der Waals surface area contributed by atoms with E-state index >= 15 is 0 Å². The molecule has 1 fully saturated rings. The number of amides is 2. The topological polar surface area (TPSA) is 64.7 Å². The fraction of sp³-hybridized carbons (Fsp3) is 0.364. The Hall–Kier alpha value is -2.70. The molecular formula is C22H28N4O2. The molecule has 1 aliphatic rings. The van der Waals surface area contributed by atoms with Crippen LogP contribution in [-0.4, -0.2) is 67.4 Å². The van der Waals surface area contributed by atoms with Crippen molar-refractivity contribution in [2.45, 2.75) is 6.54 Å². The third-order valence-corrected chi connectivity index (χ3v) is 4.91. The normalized spacial score (nSPS) is 15.1. The van der Waals surface area contributed by atoms with E-state index in [4.69, 9.17) is 0 Å². The average Bonchev–Trinajstić information content (AvgIpc) is 2.74. The summed E-state index contributed by atoms with van der Waals surface area (Å²) in [6.45, 7) is 6.51. The van der Waals surface area contributed by atoms with Crippen LogP contribution < -0.4 is 10.6 Å². The van der Waals surface area contributed by atoms with Crippen LogP contribution in [-0.2, 0) is 11.3 Å². The molecule has 1 heterocycles. The van der Waals surface area contributed by atoms with Crippen LogP contribution >= 0.6 is 0 Å². The highest BCUT2D eigenvalue weighted by molar-refractivity contribution is 5.96. The molecular weight excluding hydrogens is 352 g/mol. The fourth-order valence-electron chi connectivity index (χ4n) is 3.28. The fourth-order valence-corrected chi connectivity index (χ4v) is 3.28. The van der Waals surface area contributed by atoms with Crippen molar-refractivity contribution in [3.05, 3.63) is 71.8 Å². The summed E-state index contributed by atoms with van der Waals surface area (Å²) in [4.78, 5) is 28.7. The van der Waals surface area contributed by atoms with Gasteiger partial charge in [-0.3, -0.25) is 19.4 Å². The van der Waals surface area contributed by atoms with Crippen molar-refractivity contribution in [1.82, 2.24) is 20.4 Å². The minimum Gasteiger partial charge on any atom is -0.353 e. The van der Waals surface area contributed by atoms with Gasteiger partial charge in [-0.15, -0.1) is 0 Å². The highest BCUT2D eigenvalue weighted by Crippen LogP contribution is 2.08. The summed E-state index contributed by atoms with van der Waals surface area (Å²) in [5, 5.41) is 5.52. The third kappa shape index (κ3) is 6.48. The number of nitrogens with zero attached hydrogens (tertiary/aromatic N) is 2. The van der Waals surface area contributed by atoms with Gasteiger partial charge in [0.25, 0.3) is 5.91 Å². The first-order valence-corrected chi connectivity index (χ1v) is 9.79. The first kappa shape index (κ1) is 20.0. The zero-order chi connectivity index (χ0) is 19.6. The molecule has 6 nitrogen and oxygen atoms in total. The van der Waals surface area contributed by atoms with Gasteiger partial charge in [0.05, 0.1) is 6.54 Å². The lowest BCUT2D eigenvalue weighted by Crippen LogP contribution is -2.48. The first-order valence-electron chi connectivity index (χ1n) is 9.79. The molecule has 148 valence electrons. The molecule has 0 saturated carbocycles. The molecule has 6 heteroatoms. The van der Waals surface area contributed by atoms with Crippen molar-refractivity contribution in [3.63, 3.8) is 0 Å². The van der Waals surface area contributed by atoms with E-state index in [-0.39, 0.29) is 18.4 Å². The first-order chi connectivity index (χ1) is 13.7. The van der Waals surface area contributed by atoms with Gasteiger partial charge >= 0.3 is 0 Å². The zero-order valence-electron chi connectivity index (χ0n) is 16.1. The summed E-state index contributed by atoms with van der Waals surface area (Å²) in [6, 6.07) is 19.4. The lowest BCUT2D eigenvalue weighted by atomic mass is 10.2. The summed E-state index contributed by atoms with van der Waals surface area (Å²) < 4.78 is 0. The molecule has 0 aromatic heterocycles. The second-order valence-corrected chi connectivity index (χ2v) is 7.00. The summed E-state index contributed by atoms with van der Waals surface area (Å²) >= 11 is 0. The van der Waals surface area contributed by atoms with E-state index in [2.05, 4.69) is 44.7 Å². The number of hydrogen-bond acceptors (Lipinski definition) is 4. The van der Waals surface area contributed by atoms with Crippen LogP contribution in [0.3, 0.4) is 0 Å². The molecule has 28 heavy (non-hydrogen) atoms. The number of piperazine rings is 1. The maximum Gasteiger partial charge on any atom is 0.251 e. The van der Waals surface area contributed by atoms with E-state index in [0.29, 0.717) is 12.1 Å². The highest BCUT2D eigenvalue weighted by Gasteiger charge is 2.16. The predicted octanol–water partition coefficient (Wildman–Crippen LogP) is 1.35. The van der Waals surface area contributed by atoms with Gasteiger partial charge in [0.2, 0.25) is 5.91 Å². The monoisotopic (exact) mass is 380 g/mol. The Kier molecular flexibility index (Phi) is 7.58. The van der Waals surface area contributed by atoms with Crippen molar-refractivity contribution < 1.29 is 9.59 Å². The number of carbonyl (C=O) groups excluding carboxylic acids is 2. The van der Waals surface area contributed by atoms with E-state index in [9.17, 15) is 9.59 Å². The molecule has 2 aromatic rings. The molecule has 0 atom stereocenters. The van der Waals surface area contributed by atoms with E-state index in [1.54, 1.807) is 24.3 Å². The maximum atomic E-state index is 11.9. The van der Waals surface area contributed by atoms with Crippen molar-refractivity contribution in [1.29, 1.82) is 0 Å². The minimum atomic E-state index is -0.231. The summed E-state index contributed by atoms with van der Waals surface area (Å²) in [7, 11) is 0. The van der Waals surface area contributed by atoms with E-state index < -0.39 is 0 Å². The van der Waals surface area contributed by atoms with Gasteiger partial charge in [-0.2, -0.15) is 0 Å². The van der Waals surface area contributed by atoms with Crippen molar-refractivity contribution in [2.24, 2.45) is 0 Å². The van der Waals surface area contributed by atoms with Gasteiger partial charge in [-0.05, 0) is 17.7 Å². The van der Waals surface area contributed by atoms with Crippen LogP contribution in [0.15, 0.2) is 60.7 Å². The minimum absolute atomic E-state index is 0.00141. The number of rotatable bonds is 8. The highest BCUT2D eigenvalue weighted by atomic mass is 16.2. The Morgan fingerprint density at radius 2 is 1.39 bits per heavy atom. The Labute approximate surface area is 166 Å². The molecule has 1 aliphatic heterocycles. The number of carbonyl (C=O) groups is 2. The Balaban J connectivity index is 1.27. The molecule has 1 saturated heterocycles. The molecule has 0 aliphatic carbocycles.